The van der Waals surface area contributed by atoms with Gasteiger partial charge in [0.25, 0.3) is 0 Å². The lowest BCUT2D eigenvalue weighted by Gasteiger charge is -2.47. The number of nitrogens with zero attached hydrogens (tertiary/aromatic N) is 3. The van der Waals surface area contributed by atoms with Crippen molar-refractivity contribution in [3.8, 4) is 18.2 Å². The minimum absolute atomic E-state index is 0.167. The fraction of sp³-hybridized carbons (Fsp3) is 0.429. The van der Waals surface area contributed by atoms with Crippen LogP contribution in [0.5, 0.6) is 0 Å². The van der Waals surface area contributed by atoms with Crippen molar-refractivity contribution in [2.75, 3.05) is 13.1 Å². The highest BCUT2D eigenvalue weighted by molar-refractivity contribution is 6.00. The van der Waals surface area contributed by atoms with E-state index in [1.54, 1.807) is 12.1 Å². The van der Waals surface area contributed by atoms with Crippen molar-refractivity contribution in [1.29, 1.82) is 21.2 Å². The van der Waals surface area contributed by atoms with Gasteiger partial charge in [0, 0.05) is 11.8 Å². The average molecular weight is 362 g/mol. The highest BCUT2D eigenvalue weighted by Crippen LogP contribution is 2.52. The summed E-state index contributed by atoms with van der Waals surface area (Å²) in [5.74, 6) is -2.09. The lowest BCUT2D eigenvalue weighted by molar-refractivity contribution is -0.920. The summed E-state index contributed by atoms with van der Waals surface area (Å²) in [6.07, 6.45) is 2.00. The van der Waals surface area contributed by atoms with Crippen molar-refractivity contribution in [3.63, 3.8) is 0 Å². The lowest BCUT2D eigenvalue weighted by Crippen LogP contribution is -3.16. The quantitative estimate of drug-likeness (QED) is 0.787. The Balaban J connectivity index is 2.23. The molecule has 0 radical (unpaired) electrons. The highest BCUT2D eigenvalue weighted by atomic mass is 19.1. The molecule has 136 valence electrons. The van der Waals surface area contributed by atoms with Crippen LogP contribution in [0.25, 0.3) is 0 Å². The monoisotopic (exact) mass is 362 g/mol. The Hall–Kier alpha value is -3.01. The first-order valence-corrected chi connectivity index (χ1v) is 9.00. The molecular formula is C21H21FN5+. The van der Waals surface area contributed by atoms with Gasteiger partial charge in [-0.05, 0) is 43.2 Å². The highest BCUT2D eigenvalue weighted by Gasteiger charge is 2.58. The van der Waals surface area contributed by atoms with E-state index in [4.69, 9.17) is 5.41 Å². The summed E-state index contributed by atoms with van der Waals surface area (Å²) >= 11 is 0. The van der Waals surface area contributed by atoms with Gasteiger partial charge in [-0.1, -0.05) is 12.1 Å². The van der Waals surface area contributed by atoms with Gasteiger partial charge in [0.05, 0.1) is 43.1 Å². The third-order valence-corrected chi connectivity index (χ3v) is 5.95. The fourth-order valence-corrected chi connectivity index (χ4v) is 4.44. The number of nitriles is 3. The van der Waals surface area contributed by atoms with E-state index in [0.717, 1.165) is 12.1 Å². The second-order valence-corrected chi connectivity index (χ2v) is 7.57. The summed E-state index contributed by atoms with van der Waals surface area (Å²) in [4.78, 5) is 1.30. The van der Waals surface area contributed by atoms with Crippen LogP contribution < -0.4 is 4.90 Å². The van der Waals surface area contributed by atoms with Gasteiger partial charge < -0.3 is 10.3 Å². The molecular weight excluding hydrogens is 341 g/mol. The summed E-state index contributed by atoms with van der Waals surface area (Å²) in [6.45, 7) is 5.63. The van der Waals surface area contributed by atoms with Gasteiger partial charge in [-0.2, -0.15) is 15.8 Å². The Bertz CT molecular complexity index is 896. The van der Waals surface area contributed by atoms with Crippen molar-refractivity contribution in [3.05, 3.63) is 47.3 Å². The van der Waals surface area contributed by atoms with Crippen LogP contribution in [0.2, 0.25) is 0 Å². The van der Waals surface area contributed by atoms with E-state index in [0.29, 0.717) is 18.2 Å². The van der Waals surface area contributed by atoms with Crippen LogP contribution in [-0.2, 0) is 0 Å². The Morgan fingerprint density at radius 2 is 1.81 bits per heavy atom. The minimum Gasteiger partial charge on any atom is -0.329 e. The summed E-state index contributed by atoms with van der Waals surface area (Å²) in [5, 5.41) is 38.1. The molecule has 0 saturated heterocycles. The third kappa shape index (κ3) is 2.81. The second-order valence-electron chi connectivity index (χ2n) is 7.57. The normalized spacial score (nSPS) is 29.1. The van der Waals surface area contributed by atoms with Gasteiger partial charge in [0.15, 0.2) is 5.41 Å². The molecule has 1 aromatic rings. The third-order valence-electron chi connectivity index (χ3n) is 5.95. The van der Waals surface area contributed by atoms with Crippen LogP contribution in [-0.4, -0.2) is 24.8 Å². The molecule has 3 rings (SSSR count). The molecule has 1 saturated carbocycles. The van der Waals surface area contributed by atoms with Gasteiger partial charge in [-0.3, -0.25) is 0 Å². The van der Waals surface area contributed by atoms with E-state index in [-0.39, 0.29) is 11.6 Å². The number of halogens is 1. The Morgan fingerprint density at radius 3 is 2.33 bits per heavy atom. The molecule has 1 fully saturated rings. The van der Waals surface area contributed by atoms with Crippen molar-refractivity contribution in [2.45, 2.75) is 25.8 Å². The SMILES string of the molecule is CC(C)[NH+]1CC=C2C(C#N)C(=N)C(C#N)(C#N)[C@H](c3ccc(F)cc3)[C@@H]2C1. The largest absolute Gasteiger partial charge is 0.329 e. The predicted octanol–water partition coefficient (Wildman–Crippen LogP) is 1.97. The predicted molar refractivity (Wildman–Crippen MR) is 97.0 cm³/mol. The number of hydrogen-bond donors (Lipinski definition) is 2. The molecule has 4 atom stereocenters. The first kappa shape index (κ1) is 18.8. The molecule has 2 N–H and O–H groups in total. The summed E-state index contributed by atoms with van der Waals surface area (Å²) in [7, 11) is 0. The maximum Gasteiger partial charge on any atom is 0.189 e. The van der Waals surface area contributed by atoms with Crippen molar-refractivity contribution in [1.82, 2.24) is 0 Å². The zero-order valence-corrected chi connectivity index (χ0v) is 15.3. The zero-order valence-electron chi connectivity index (χ0n) is 15.3. The van der Waals surface area contributed by atoms with Crippen LogP contribution in [0.15, 0.2) is 35.9 Å². The molecule has 1 aliphatic heterocycles. The zero-order chi connectivity index (χ0) is 19.8. The van der Waals surface area contributed by atoms with Gasteiger partial charge in [0.2, 0.25) is 0 Å². The molecule has 0 aromatic heterocycles. The number of fused-ring (bicyclic) bond motifs is 1. The van der Waals surface area contributed by atoms with Crippen LogP contribution in [0.4, 0.5) is 4.39 Å². The molecule has 1 heterocycles. The molecule has 1 aromatic carbocycles. The molecule has 1 aliphatic carbocycles. The van der Waals surface area contributed by atoms with Crippen molar-refractivity contribution >= 4 is 5.71 Å². The lowest BCUT2D eigenvalue weighted by atomic mass is 9.54. The smallest absolute Gasteiger partial charge is 0.189 e. The van der Waals surface area contributed by atoms with Gasteiger partial charge in [-0.15, -0.1) is 0 Å². The van der Waals surface area contributed by atoms with Crippen LogP contribution >= 0.6 is 0 Å². The second kappa shape index (κ2) is 6.95. The van der Waals surface area contributed by atoms with E-state index in [1.165, 1.54) is 17.0 Å². The van der Waals surface area contributed by atoms with Gasteiger partial charge in [-0.25, -0.2) is 4.39 Å². The maximum atomic E-state index is 13.5. The van der Waals surface area contributed by atoms with E-state index in [9.17, 15) is 20.2 Å². The number of hydrogen-bond acceptors (Lipinski definition) is 4. The van der Waals surface area contributed by atoms with Crippen molar-refractivity contribution in [2.24, 2.45) is 17.3 Å². The summed E-state index contributed by atoms with van der Waals surface area (Å²) in [5.41, 5.74) is -0.427. The molecule has 2 aliphatic rings. The minimum atomic E-state index is -1.74. The van der Waals surface area contributed by atoms with Crippen LogP contribution in [0.1, 0.15) is 25.3 Å². The molecule has 0 bridgehead atoms. The summed E-state index contributed by atoms with van der Waals surface area (Å²) < 4.78 is 13.5. The van der Waals surface area contributed by atoms with E-state index in [2.05, 4.69) is 32.1 Å². The topological polar surface area (TPSA) is 99.7 Å². The van der Waals surface area contributed by atoms with Gasteiger partial charge >= 0.3 is 0 Å². The van der Waals surface area contributed by atoms with E-state index < -0.39 is 23.1 Å². The fourth-order valence-electron chi connectivity index (χ4n) is 4.44. The van der Waals surface area contributed by atoms with Crippen LogP contribution in [0.3, 0.4) is 0 Å². The number of benzene rings is 1. The Kier molecular flexibility index (Phi) is 4.83. The molecule has 6 heteroatoms. The molecule has 0 spiro atoms. The first-order valence-electron chi connectivity index (χ1n) is 9.00. The summed E-state index contributed by atoms with van der Waals surface area (Å²) in [6, 6.07) is 12.4. The molecule has 27 heavy (non-hydrogen) atoms. The van der Waals surface area contributed by atoms with Gasteiger partial charge in [0.1, 0.15) is 11.7 Å². The molecule has 2 unspecified atom stereocenters. The standard InChI is InChI=1S/C21H20FN5/c1-13(2)27-8-7-16-17(9-23)20(26)21(11-24,12-25)19(18(16)10-27)14-3-5-15(22)6-4-14/h3-7,13,17-19,26H,8,10H2,1-2H3/p+1/t17?,18-,19-/m1/s1. The van der Waals surface area contributed by atoms with E-state index >= 15 is 0 Å². The molecule has 5 nitrogen and oxygen atoms in total. The number of quaternary nitrogens is 1. The average Bonchev–Trinajstić information content (AvgIpc) is 2.67. The number of nitrogens with one attached hydrogen (secondary N) is 2. The van der Waals surface area contributed by atoms with E-state index in [1.807, 2.05) is 6.08 Å². The maximum absolute atomic E-state index is 13.5. The Labute approximate surface area is 158 Å². The Morgan fingerprint density at radius 1 is 1.19 bits per heavy atom. The number of rotatable bonds is 2. The molecule has 0 amide bonds. The van der Waals surface area contributed by atoms with Crippen molar-refractivity contribution < 1.29 is 9.29 Å². The first-order chi connectivity index (χ1) is 12.9. The van der Waals surface area contributed by atoms with Crippen LogP contribution in [0, 0.1) is 62.5 Å².